The zero-order valence-electron chi connectivity index (χ0n) is 21.0. The molecule has 1 saturated heterocycles. The lowest BCUT2D eigenvalue weighted by Gasteiger charge is -2.28. The Labute approximate surface area is 201 Å². The van der Waals surface area contributed by atoms with Gasteiger partial charge in [-0.3, -0.25) is 9.59 Å². The normalized spacial score (nSPS) is 18.2. The first-order chi connectivity index (χ1) is 16.0. The first kappa shape index (κ1) is 25.6. The molecule has 0 aliphatic carbocycles. The molecule has 182 valence electrons. The van der Waals surface area contributed by atoms with E-state index in [2.05, 4.69) is 39.5 Å². The number of nitrogens with zero attached hydrogens (tertiary/aromatic N) is 2. The number of hydrogen-bond donors (Lipinski definition) is 1. The largest absolute Gasteiger partial charge is 0.507 e. The van der Waals surface area contributed by atoms with Crippen LogP contribution >= 0.6 is 0 Å². The maximum absolute atomic E-state index is 13.8. The van der Waals surface area contributed by atoms with Gasteiger partial charge in [-0.25, -0.2) is 4.39 Å². The molecule has 0 spiro atoms. The monoisotopic (exact) mass is 466 g/mol. The number of likely N-dealkylation sites (tertiary alicyclic amines) is 1. The van der Waals surface area contributed by atoms with Gasteiger partial charge in [0.15, 0.2) is 0 Å². The number of carbonyl (C=O) groups is 2. The summed E-state index contributed by atoms with van der Waals surface area (Å²) < 4.78 is 13.8. The molecule has 1 amide bonds. The van der Waals surface area contributed by atoms with E-state index in [9.17, 15) is 19.1 Å². The van der Waals surface area contributed by atoms with Gasteiger partial charge in [-0.1, -0.05) is 58.9 Å². The van der Waals surface area contributed by atoms with Gasteiger partial charge in [0.1, 0.15) is 11.6 Å². The lowest BCUT2D eigenvalue weighted by molar-refractivity contribution is -0.140. The van der Waals surface area contributed by atoms with Crippen molar-refractivity contribution in [1.29, 1.82) is 0 Å². The van der Waals surface area contributed by atoms with Crippen molar-refractivity contribution in [2.75, 3.05) is 26.2 Å². The molecule has 1 unspecified atom stereocenters. The van der Waals surface area contributed by atoms with Crippen molar-refractivity contribution in [1.82, 2.24) is 9.80 Å². The average Bonchev–Trinajstić information content (AvgIpc) is 3.05. The molecule has 3 rings (SSSR count). The Morgan fingerprint density at radius 2 is 1.68 bits per heavy atom. The fourth-order valence-corrected chi connectivity index (χ4v) is 4.36. The van der Waals surface area contributed by atoms with E-state index in [4.69, 9.17) is 0 Å². The van der Waals surface area contributed by atoms with Crippen molar-refractivity contribution < 1.29 is 19.1 Å². The molecule has 1 fully saturated rings. The molecular weight excluding hydrogens is 431 g/mol. The summed E-state index contributed by atoms with van der Waals surface area (Å²) in [6.45, 7) is 14.7. The summed E-state index contributed by atoms with van der Waals surface area (Å²) in [5.41, 5.74) is 2.55. The number of aryl methyl sites for hydroxylation is 1. The van der Waals surface area contributed by atoms with Crippen LogP contribution in [0.15, 0.2) is 48.0 Å². The van der Waals surface area contributed by atoms with Crippen molar-refractivity contribution in [2.24, 2.45) is 0 Å². The smallest absolute Gasteiger partial charge is 0.295 e. The zero-order valence-corrected chi connectivity index (χ0v) is 21.0. The van der Waals surface area contributed by atoms with Gasteiger partial charge in [0.25, 0.3) is 11.7 Å². The highest BCUT2D eigenvalue weighted by atomic mass is 19.1. The molecule has 0 saturated carbocycles. The molecule has 6 heteroatoms. The van der Waals surface area contributed by atoms with Gasteiger partial charge in [-0.05, 0) is 60.3 Å². The van der Waals surface area contributed by atoms with Crippen LogP contribution in [0.3, 0.4) is 0 Å². The Kier molecular flexibility index (Phi) is 7.61. The van der Waals surface area contributed by atoms with Crippen LogP contribution in [0.4, 0.5) is 4.39 Å². The molecular formula is C28H35FN2O3. The van der Waals surface area contributed by atoms with Crippen molar-refractivity contribution in [3.63, 3.8) is 0 Å². The minimum absolute atomic E-state index is 0.0408. The fraction of sp³-hybridized carbons (Fsp3) is 0.429. The quantitative estimate of drug-likeness (QED) is 0.346. The number of hydrogen-bond acceptors (Lipinski definition) is 4. The van der Waals surface area contributed by atoms with Crippen LogP contribution in [0, 0.1) is 12.7 Å². The third-order valence-corrected chi connectivity index (χ3v) is 6.62. The van der Waals surface area contributed by atoms with E-state index in [0.717, 1.165) is 24.2 Å². The maximum Gasteiger partial charge on any atom is 0.295 e. The molecule has 1 atom stereocenters. The molecule has 0 bridgehead atoms. The second-order valence-electron chi connectivity index (χ2n) is 9.86. The number of aliphatic hydroxyl groups is 1. The fourth-order valence-electron chi connectivity index (χ4n) is 4.36. The zero-order chi connectivity index (χ0) is 25.2. The number of rotatable bonds is 7. The minimum atomic E-state index is -0.719. The third kappa shape index (κ3) is 5.07. The molecule has 0 radical (unpaired) electrons. The second-order valence-corrected chi connectivity index (χ2v) is 9.86. The molecule has 1 aliphatic heterocycles. The summed E-state index contributed by atoms with van der Waals surface area (Å²) >= 11 is 0. The molecule has 1 heterocycles. The summed E-state index contributed by atoms with van der Waals surface area (Å²) in [7, 11) is 0. The Hall–Kier alpha value is -2.99. The van der Waals surface area contributed by atoms with Gasteiger partial charge in [-0.15, -0.1) is 0 Å². The predicted octanol–water partition coefficient (Wildman–Crippen LogP) is 5.20. The van der Waals surface area contributed by atoms with Crippen LogP contribution in [0.5, 0.6) is 0 Å². The number of Topliss-reactive ketones (excluding diaryl/α,β-unsaturated/α-hetero) is 1. The third-order valence-electron chi connectivity index (χ3n) is 6.62. The first-order valence-electron chi connectivity index (χ1n) is 11.9. The van der Waals surface area contributed by atoms with Gasteiger partial charge in [-0.2, -0.15) is 0 Å². The number of amides is 1. The van der Waals surface area contributed by atoms with Crippen LogP contribution in [0.1, 0.15) is 62.9 Å². The number of ketones is 1. The molecule has 0 aromatic heterocycles. The van der Waals surface area contributed by atoms with Crippen molar-refractivity contribution in [2.45, 2.75) is 53.0 Å². The van der Waals surface area contributed by atoms with Gasteiger partial charge >= 0.3 is 0 Å². The number of carbonyl (C=O) groups excluding carboxylic acids is 2. The van der Waals surface area contributed by atoms with Crippen LogP contribution < -0.4 is 0 Å². The highest BCUT2D eigenvalue weighted by Gasteiger charge is 2.46. The van der Waals surface area contributed by atoms with E-state index in [-0.39, 0.29) is 16.7 Å². The number of aliphatic hydroxyl groups excluding tert-OH is 1. The lowest BCUT2D eigenvalue weighted by Crippen LogP contribution is -2.38. The topological polar surface area (TPSA) is 60.9 Å². The van der Waals surface area contributed by atoms with E-state index in [1.165, 1.54) is 18.2 Å². The Balaban J connectivity index is 2.13. The maximum atomic E-state index is 13.8. The molecule has 1 aliphatic rings. The number of likely N-dealkylation sites (N-methyl/N-ethyl adjacent to an activating group) is 1. The SMILES string of the molecule is CCN(CC)CCN1C(=O)C(=O)/C(=C(\O)c2ccc(F)c(C)c2)C1c1ccc(C(C)(C)C)cc1. The minimum Gasteiger partial charge on any atom is -0.507 e. The van der Waals surface area contributed by atoms with Gasteiger partial charge in [0, 0.05) is 18.7 Å². The van der Waals surface area contributed by atoms with E-state index >= 15 is 0 Å². The first-order valence-corrected chi connectivity index (χ1v) is 11.9. The number of benzene rings is 2. The Morgan fingerprint density at radius 3 is 2.21 bits per heavy atom. The summed E-state index contributed by atoms with van der Waals surface area (Å²) in [6, 6.07) is 11.3. The molecule has 2 aromatic rings. The van der Waals surface area contributed by atoms with Crippen molar-refractivity contribution in [3.8, 4) is 0 Å². The Bertz CT molecular complexity index is 1100. The van der Waals surface area contributed by atoms with Crippen molar-refractivity contribution in [3.05, 3.63) is 76.1 Å². The molecule has 34 heavy (non-hydrogen) atoms. The lowest BCUT2D eigenvalue weighted by atomic mass is 9.85. The molecule has 5 nitrogen and oxygen atoms in total. The van der Waals surface area contributed by atoms with E-state index in [1.54, 1.807) is 11.8 Å². The standard InChI is InChI=1S/C28H35FN2O3/c1-7-30(8-2)15-16-31-24(19-9-12-21(13-10-19)28(4,5)6)23(26(33)27(31)34)25(32)20-11-14-22(29)18(3)17-20/h9-14,17,24,32H,7-8,15-16H2,1-6H3/b25-23-. The van der Waals surface area contributed by atoms with Crippen LogP contribution in [0.2, 0.25) is 0 Å². The summed E-state index contributed by atoms with van der Waals surface area (Å²) in [5.74, 6) is -2.02. The summed E-state index contributed by atoms with van der Waals surface area (Å²) in [4.78, 5) is 30.0. The summed E-state index contributed by atoms with van der Waals surface area (Å²) in [6.07, 6.45) is 0. The van der Waals surface area contributed by atoms with E-state index in [0.29, 0.717) is 24.2 Å². The van der Waals surface area contributed by atoms with Crippen LogP contribution in [-0.2, 0) is 15.0 Å². The van der Waals surface area contributed by atoms with Gasteiger partial charge < -0.3 is 14.9 Å². The Morgan fingerprint density at radius 1 is 1.06 bits per heavy atom. The summed E-state index contributed by atoms with van der Waals surface area (Å²) in [5, 5.41) is 11.2. The van der Waals surface area contributed by atoms with Gasteiger partial charge in [0.05, 0.1) is 11.6 Å². The average molecular weight is 467 g/mol. The van der Waals surface area contributed by atoms with Crippen LogP contribution in [-0.4, -0.2) is 52.8 Å². The number of halogens is 1. The highest BCUT2D eigenvalue weighted by Crippen LogP contribution is 2.40. The molecule has 1 N–H and O–H groups in total. The van der Waals surface area contributed by atoms with E-state index < -0.39 is 23.5 Å². The van der Waals surface area contributed by atoms with Crippen LogP contribution in [0.25, 0.3) is 5.76 Å². The highest BCUT2D eigenvalue weighted by molar-refractivity contribution is 6.46. The second kappa shape index (κ2) is 10.1. The van der Waals surface area contributed by atoms with Crippen molar-refractivity contribution >= 4 is 17.4 Å². The van der Waals surface area contributed by atoms with Gasteiger partial charge in [0.2, 0.25) is 0 Å². The molecule has 2 aromatic carbocycles. The van der Waals surface area contributed by atoms with E-state index in [1.807, 2.05) is 24.3 Å². The predicted molar refractivity (Wildman–Crippen MR) is 133 cm³/mol.